The van der Waals surface area contributed by atoms with Crippen LogP contribution in [0.3, 0.4) is 0 Å². The van der Waals surface area contributed by atoms with Crippen molar-refractivity contribution >= 4 is 31.6 Å². The van der Waals surface area contributed by atoms with E-state index in [4.69, 9.17) is 4.74 Å². The molecule has 2 aromatic rings. The Kier molecular flexibility index (Phi) is 8.06. The number of halogens is 1. The molecule has 2 heterocycles. The Morgan fingerprint density at radius 1 is 1.31 bits per heavy atom. The molecular weight excluding hydrogens is 521 g/mol. The molecule has 1 spiro atoms. The van der Waals surface area contributed by atoms with Crippen molar-refractivity contribution in [1.29, 1.82) is 0 Å². The number of aliphatic hydroxyl groups is 1. The molecule has 11 heteroatoms. The Morgan fingerprint density at radius 2 is 2.00 bits per heavy atom. The van der Waals surface area contributed by atoms with Crippen molar-refractivity contribution in [2.24, 2.45) is 5.92 Å². The standard InChI is InChI=1S/C28H34FN3O6Si/c1-5-13-31-23-12-11-21(32(36)37)16-22(23)28(27(31)35)19(2)26(39(3,4)29)24(38-28)17-25(34)30(14-15-33)18-20-9-7-6-8-10-20/h5-12,16,19,24,26,33H,1,13-15,17-18H2,2-4H3/t19-,24+,26-,28+/m1/s1. The average molecular weight is 556 g/mol. The minimum Gasteiger partial charge on any atom is -0.395 e. The number of amides is 2. The van der Waals surface area contributed by atoms with Crippen LogP contribution in [0.25, 0.3) is 0 Å². The molecule has 2 aromatic carbocycles. The lowest BCUT2D eigenvalue weighted by molar-refractivity contribution is -0.385. The molecule has 2 aliphatic rings. The van der Waals surface area contributed by atoms with Crippen molar-refractivity contribution in [1.82, 2.24) is 4.90 Å². The molecule has 4 atom stereocenters. The van der Waals surface area contributed by atoms with E-state index in [0.717, 1.165) is 5.56 Å². The zero-order valence-electron chi connectivity index (χ0n) is 22.4. The number of benzene rings is 2. The number of rotatable bonds is 10. The maximum Gasteiger partial charge on any atom is 0.269 e. The summed E-state index contributed by atoms with van der Waals surface area (Å²) in [5.74, 6) is -1.47. The summed E-state index contributed by atoms with van der Waals surface area (Å²) in [5.41, 5.74) is -0.980. The molecule has 1 fully saturated rings. The van der Waals surface area contributed by atoms with E-state index in [9.17, 15) is 24.8 Å². The molecule has 2 amide bonds. The average Bonchev–Trinajstić information content (AvgIpc) is 3.31. The van der Waals surface area contributed by atoms with Crippen LogP contribution in [-0.4, -0.2) is 61.0 Å². The SMILES string of the molecule is C=CCN1C(=O)[C@@]2(O[C@@H](CC(=O)N(CCO)Cc3ccccc3)[C@H]([Si](C)(C)F)[C@H]2C)c2cc([N+](=O)[O-])ccc21. The molecule has 2 aliphatic heterocycles. The van der Waals surface area contributed by atoms with E-state index in [1.807, 2.05) is 30.3 Å². The van der Waals surface area contributed by atoms with Gasteiger partial charge in [0.2, 0.25) is 14.3 Å². The highest BCUT2D eigenvalue weighted by Gasteiger charge is 2.67. The molecule has 0 aromatic heterocycles. The van der Waals surface area contributed by atoms with Crippen LogP contribution < -0.4 is 4.90 Å². The van der Waals surface area contributed by atoms with Gasteiger partial charge in [-0.15, -0.1) is 6.58 Å². The summed E-state index contributed by atoms with van der Waals surface area (Å²) in [7, 11) is -3.53. The lowest BCUT2D eigenvalue weighted by atomic mass is 9.82. The predicted octanol–water partition coefficient (Wildman–Crippen LogP) is 4.31. The Labute approximate surface area is 228 Å². The Hall–Kier alpha value is -3.41. The van der Waals surface area contributed by atoms with Gasteiger partial charge in [0.1, 0.15) is 0 Å². The largest absolute Gasteiger partial charge is 0.395 e. The highest BCUT2D eigenvalue weighted by molar-refractivity contribution is 6.72. The number of nitro groups is 1. The van der Waals surface area contributed by atoms with Crippen molar-refractivity contribution < 1.29 is 28.5 Å². The summed E-state index contributed by atoms with van der Waals surface area (Å²) in [4.78, 5) is 41.6. The van der Waals surface area contributed by atoms with Crippen LogP contribution in [0.4, 0.5) is 15.5 Å². The monoisotopic (exact) mass is 555 g/mol. The van der Waals surface area contributed by atoms with Gasteiger partial charge in [0.15, 0.2) is 5.60 Å². The molecule has 0 radical (unpaired) electrons. The van der Waals surface area contributed by atoms with E-state index in [1.165, 1.54) is 41.1 Å². The van der Waals surface area contributed by atoms with Crippen molar-refractivity contribution in [2.45, 2.75) is 50.2 Å². The van der Waals surface area contributed by atoms with Gasteiger partial charge in [-0.2, -0.15) is 0 Å². The molecule has 4 rings (SSSR count). The van der Waals surface area contributed by atoms with Crippen LogP contribution in [0.1, 0.15) is 24.5 Å². The summed E-state index contributed by atoms with van der Waals surface area (Å²) in [5, 5.41) is 21.2. The van der Waals surface area contributed by atoms with Crippen LogP contribution in [0.2, 0.25) is 18.6 Å². The maximum absolute atomic E-state index is 16.0. The Morgan fingerprint density at radius 3 is 2.59 bits per heavy atom. The van der Waals surface area contributed by atoms with Gasteiger partial charge in [0.05, 0.1) is 29.7 Å². The predicted molar refractivity (Wildman–Crippen MR) is 147 cm³/mol. The molecule has 0 unspecified atom stereocenters. The fraction of sp³-hybridized carbons (Fsp3) is 0.429. The fourth-order valence-corrected chi connectivity index (χ4v) is 8.67. The first-order chi connectivity index (χ1) is 18.4. The van der Waals surface area contributed by atoms with Crippen molar-refractivity contribution in [3.63, 3.8) is 0 Å². The number of fused-ring (bicyclic) bond motifs is 2. The summed E-state index contributed by atoms with van der Waals surface area (Å²) in [6.45, 7) is 8.76. The smallest absolute Gasteiger partial charge is 0.269 e. The van der Waals surface area contributed by atoms with E-state index in [0.29, 0.717) is 11.3 Å². The summed E-state index contributed by atoms with van der Waals surface area (Å²) in [6, 6.07) is 13.5. The van der Waals surface area contributed by atoms with Crippen LogP contribution in [0, 0.1) is 16.0 Å². The number of hydrogen-bond acceptors (Lipinski definition) is 6. The Balaban J connectivity index is 1.74. The molecule has 39 heavy (non-hydrogen) atoms. The van der Waals surface area contributed by atoms with Crippen LogP contribution >= 0.6 is 0 Å². The third-order valence-corrected chi connectivity index (χ3v) is 10.2. The van der Waals surface area contributed by atoms with Gasteiger partial charge >= 0.3 is 0 Å². The third kappa shape index (κ3) is 5.13. The van der Waals surface area contributed by atoms with Crippen molar-refractivity contribution in [3.8, 4) is 0 Å². The second-order valence-corrected chi connectivity index (χ2v) is 14.5. The number of nitrogens with zero attached hydrogens (tertiary/aromatic N) is 3. The Bertz CT molecular complexity index is 1270. The highest BCUT2D eigenvalue weighted by Crippen LogP contribution is 2.60. The topological polar surface area (TPSA) is 113 Å². The van der Waals surface area contributed by atoms with Gasteiger partial charge in [0, 0.05) is 48.8 Å². The minimum absolute atomic E-state index is 0.0866. The number of carbonyl (C=O) groups excluding carboxylic acids is 2. The fourth-order valence-electron chi connectivity index (χ4n) is 6.18. The number of nitro benzene ring substituents is 1. The van der Waals surface area contributed by atoms with E-state index < -0.39 is 42.4 Å². The number of non-ortho nitro benzene ring substituents is 1. The molecule has 1 saturated heterocycles. The van der Waals surface area contributed by atoms with Gasteiger partial charge < -0.3 is 23.8 Å². The van der Waals surface area contributed by atoms with Gasteiger partial charge in [-0.05, 0) is 24.7 Å². The van der Waals surface area contributed by atoms with Crippen LogP contribution in [-0.2, 0) is 26.5 Å². The van der Waals surface area contributed by atoms with Crippen molar-refractivity contribution in [3.05, 3.63) is 82.4 Å². The zero-order valence-corrected chi connectivity index (χ0v) is 23.4. The first-order valence-electron chi connectivity index (χ1n) is 13.0. The number of ether oxygens (including phenoxy) is 1. The molecule has 0 aliphatic carbocycles. The first-order valence-corrected chi connectivity index (χ1v) is 15.9. The quantitative estimate of drug-likeness (QED) is 0.154. The number of aliphatic hydroxyl groups excluding tert-OH is 1. The van der Waals surface area contributed by atoms with Crippen LogP contribution in [0.15, 0.2) is 61.2 Å². The summed E-state index contributed by atoms with van der Waals surface area (Å²) in [6.07, 6.45) is 0.420. The normalized spacial score (nSPS) is 24.2. The third-order valence-electron chi connectivity index (χ3n) is 7.78. The zero-order chi connectivity index (χ0) is 28.5. The maximum atomic E-state index is 16.0. The molecule has 1 N–H and O–H groups in total. The lowest BCUT2D eigenvalue weighted by Gasteiger charge is -2.31. The number of anilines is 1. The number of carbonyl (C=O) groups is 2. The molecular formula is C28H34FN3O6Si. The van der Waals surface area contributed by atoms with Gasteiger partial charge in [-0.3, -0.25) is 19.7 Å². The number of hydrogen-bond donors (Lipinski definition) is 1. The second kappa shape index (κ2) is 11.0. The van der Waals surface area contributed by atoms with Crippen molar-refractivity contribution in [2.75, 3.05) is 24.6 Å². The van der Waals surface area contributed by atoms with E-state index in [2.05, 4.69) is 6.58 Å². The van der Waals surface area contributed by atoms with Gasteiger partial charge in [-0.1, -0.05) is 43.3 Å². The van der Waals surface area contributed by atoms with E-state index in [1.54, 1.807) is 13.0 Å². The van der Waals surface area contributed by atoms with Crippen LogP contribution in [0.5, 0.6) is 0 Å². The van der Waals surface area contributed by atoms with E-state index in [-0.39, 0.29) is 44.3 Å². The first kappa shape index (κ1) is 28.6. The molecule has 9 nitrogen and oxygen atoms in total. The molecule has 0 bridgehead atoms. The minimum atomic E-state index is -3.53. The van der Waals surface area contributed by atoms with Gasteiger partial charge in [-0.25, -0.2) is 0 Å². The van der Waals surface area contributed by atoms with Gasteiger partial charge in [0.25, 0.3) is 11.6 Å². The summed E-state index contributed by atoms with van der Waals surface area (Å²) < 4.78 is 22.5. The molecule has 208 valence electrons. The molecule has 0 saturated carbocycles. The summed E-state index contributed by atoms with van der Waals surface area (Å²) >= 11 is 0. The van der Waals surface area contributed by atoms with E-state index >= 15 is 4.11 Å². The second-order valence-electron chi connectivity index (χ2n) is 10.7. The lowest BCUT2D eigenvalue weighted by Crippen LogP contribution is -2.45. The highest BCUT2D eigenvalue weighted by atomic mass is 28.4.